The lowest BCUT2D eigenvalue weighted by Crippen LogP contribution is -2.28. The minimum Gasteiger partial charge on any atom is -0.364 e. The van der Waals surface area contributed by atoms with E-state index in [-0.39, 0.29) is 11.0 Å². The van der Waals surface area contributed by atoms with E-state index in [1.54, 1.807) is 11.0 Å². The lowest BCUT2D eigenvalue weighted by molar-refractivity contribution is 0.0983. The van der Waals surface area contributed by atoms with Gasteiger partial charge in [-0.05, 0) is 0 Å². The number of ketones is 1. The third-order valence-electron chi connectivity index (χ3n) is 2.78. The van der Waals surface area contributed by atoms with Crippen LogP contribution in [0.2, 0.25) is 0 Å². The number of hydrogen-bond acceptors (Lipinski definition) is 5. The monoisotopic (exact) mass is 320 g/mol. The van der Waals surface area contributed by atoms with E-state index < -0.39 is 0 Å². The molecule has 0 bridgehead atoms. The number of rotatable bonds is 5. The lowest BCUT2D eigenvalue weighted by Gasteiger charge is -2.19. The molecule has 5 nitrogen and oxygen atoms in total. The van der Waals surface area contributed by atoms with Crippen LogP contribution in [0, 0.1) is 0 Å². The molecule has 0 fully saturated rings. The van der Waals surface area contributed by atoms with Gasteiger partial charge in [0.15, 0.2) is 5.78 Å². The fourth-order valence-electron chi connectivity index (χ4n) is 1.69. The van der Waals surface area contributed by atoms with Crippen LogP contribution in [-0.2, 0) is 6.54 Å². The summed E-state index contributed by atoms with van der Waals surface area (Å²) in [6.07, 6.45) is 3.06. The van der Waals surface area contributed by atoms with Crippen LogP contribution < -0.4 is 0 Å². The summed E-state index contributed by atoms with van der Waals surface area (Å²) in [6, 6.07) is 9.23. The highest BCUT2D eigenvalue weighted by Gasteiger charge is 2.24. The van der Waals surface area contributed by atoms with Crippen LogP contribution in [0.5, 0.6) is 0 Å². The van der Waals surface area contributed by atoms with E-state index in [0.29, 0.717) is 16.4 Å². The topological polar surface area (TPSA) is 51.0 Å². The SMILES string of the molecule is CN(C)C(=S)SC(Cn1cncn1)C(=O)c1ccccc1. The molecule has 1 atom stereocenters. The number of benzene rings is 1. The largest absolute Gasteiger partial charge is 0.364 e. The molecular formula is C14H16N4OS2. The first-order valence-electron chi connectivity index (χ1n) is 6.37. The fraction of sp³-hybridized carbons (Fsp3) is 0.286. The number of hydrogen-bond donors (Lipinski definition) is 0. The zero-order valence-corrected chi connectivity index (χ0v) is 13.5. The minimum atomic E-state index is -0.330. The Kier molecular flexibility index (Phi) is 5.46. The van der Waals surface area contributed by atoms with Crippen molar-refractivity contribution in [1.29, 1.82) is 0 Å². The molecule has 1 aromatic heterocycles. The third-order valence-corrected chi connectivity index (χ3v) is 4.65. The molecule has 0 aliphatic carbocycles. The van der Waals surface area contributed by atoms with Crippen molar-refractivity contribution in [2.75, 3.05) is 14.1 Å². The Morgan fingerprint density at radius 1 is 1.38 bits per heavy atom. The van der Waals surface area contributed by atoms with Crippen molar-refractivity contribution in [2.45, 2.75) is 11.8 Å². The van der Waals surface area contributed by atoms with Crippen molar-refractivity contribution in [3.05, 3.63) is 48.5 Å². The summed E-state index contributed by atoms with van der Waals surface area (Å²) in [5.74, 6) is 0.0419. The fourth-order valence-corrected chi connectivity index (χ4v) is 2.96. The van der Waals surface area contributed by atoms with Gasteiger partial charge in [0.25, 0.3) is 0 Å². The van der Waals surface area contributed by atoms with Crippen molar-refractivity contribution in [1.82, 2.24) is 19.7 Å². The van der Waals surface area contributed by atoms with E-state index in [2.05, 4.69) is 10.1 Å². The van der Waals surface area contributed by atoms with E-state index in [4.69, 9.17) is 12.2 Å². The molecule has 1 unspecified atom stereocenters. The van der Waals surface area contributed by atoms with Gasteiger partial charge in [0.2, 0.25) is 0 Å². The first-order chi connectivity index (χ1) is 10.1. The Morgan fingerprint density at radius 2 is 2.10 bits per heavy atom. The quantitative estimate of drug-likeness (QED) is 0.621. The number of carbonyl (C=O) groups excluding carboxylic acids is 1. The van der Waals surface area contributed by atoms with Gasteiger partial charge in [-0.2, -0.15) is 5.10 Å². The van der Waals surface area contributed by atoms with Gasteiger partial charge >= 0.3 is 0 Å². The number of thioether (sulfide) groups is 1. The van der Waals surface area contributed by atoms with Gasteiger partial charge in [-0.25, -0.2) is 4.98 Å². The van der Waals surface area contributed by atoms with Gasteiger partial charge in [0.1, 0.15) is 17.0 Å². The zero-order chi connectivity index (χ0) is 15.2. The molecule has 0 saturated heterocycles. The number of aromatic nitrogens is 3. The molecule has 0 saturated carbocycles. The number of nitrogens with zero attached hydrogens (tertiary/aromatic N) is 4. The second kappa shape index (κ2) is 7.33. The Hall–Kier alpha value is -1.73. The second-order valence-corrected chi connectivity index (χ2v) is 6.45. The third kappa shape index (κ3) is 4.37. The molecule has 0 aliphatic rings. The highest BCUT2D eigenvalue weighted by molar-refractivity contribution is 8.23. The number of Topliss-reactive ketones (excluding diaryl/α,β-unsaturated/α-hetero) is 1. The van der Waals surface area contributed by atoms with Gasteiger partial charge in [0, 0.05) is 19.7 Å². The highest BCUT2D eigenvalue weighted by Crippen LogP contribution is 2.21. The first kappa shape index (κ1) is 15.7. The molecule has 110 valence electrons. The molecule has 0 radical (unpaired) electrons. The summed E-state index contributed by atoms with van der Waals surface area (Å²) in [6.45, 7) is 0.437. The molecule has 0 amide bonds. The molecule has 0 spiro atoms. The summed E-state index contributed by atoms with van der Waals surface area (Å²) in [5, 5.41) is 3.74. The first-order valence-corrected chi connectivity index (χ1v) is 7.66. The van der Waals surface area contributed by atoms with E-state index in [1.807, 2.05) is 49.3 Å². The van der Waals surface area contributed by atoms with Crippen LogP contribution in [-0.4, -0.2) is 49.1 Å². The van der Waals surface area contributed by atoms with Crippen LogP contribution in [0.15, 0.2) is 43.0 Å². The Labute approximate surface area is 133 Å². The van der Waals surface area contributed by atoms with Gasteiger partial charge < -0.3 is 4.90 Å². The average molecular weight is 320 g/mol. The van der Waals surface area contributed by atoms with Gasteiger partial charge in [-0.3, -0.25) is 9.48 Å². The standard InChI is InChI=1S/C14H16N4OS2/c1-17(2)14(20)21-12(8-18-10-15-9-16-18)13(19)11-6-4-3-5-7-11/h3-7,9-10,12H,8H2,1-2H3. The normalized spacial score (nSPS) is 11.9. The van der Waals surface area contributed by atoms with Crippen LogP contribution in [0.4, 0.5) is 0 Å². The molecule has 1 heterocycles. The summed E-state index contributed by atoms with van der Waals surface area (Å²) in [7, 11) is 3.74. The number of carbonyl (C=O) groups is 1. The second-order valence-electron chi connectivity index (χ2n) is 4.61. The van der Waals surface area contributed by atoms with E-state index in [1.165, 1.54) is 18.1 Å². The van der Waals surface area contributed by atoms with Crippen molar-refractivity contribution in [3.8, 4) is 0 Å². The minimum absolute atomic E-state index is 0.0419. The molecule has 0 N–H and O–H groups in total. The summed E-state index contributed by atoms with van der Waals surface area (Å²) >= 11 is 6.68. The molecule has 2 rings (SSSR count). The lowest BCUT2D eigenvalue weighted by atomic mass is 10.1. The Balaban J connectivity index is 2.18. The van der Waals surface area contributed by atoms with Crippen molar-refractivity contribution in [2.24, 2.45) is 0 Å². The van der Waals surface area contributed by atoms with Crippen LogP contribution in [0.25, 0.3) is 0 Å². The van der Waals surface area contributed by atoms with Gasteiger partial charge in [-0.1, -0.05) is 54.3 Å². The molecule has 1 aromatic carbocycles. The summed E-state index contributed by atoms with van der Waals surface area (Å²) in [4.78, 5) is 18.4. The average Bonchev–Trinajstić information content (AvgIpc) is 2.99. The maximum Gasteiger partial charge on any atom is 0.178 e. The van der Waals surface area contributed by atoms with Gasteiger partial charge in [0.05, 0.1) is 11.8 Å². The number of thiocarbonyl (C=S) groups is 1. The Bertz CT molecular complexity index is 599. The molecule has 21 heavy (non-hydrogen) atoms. The Morgan fingerprint density at radius 3 is 2.67 bits per heavy atom. The van der Waals surface area contributed by atoms with Crippen LogP contribution in [0.1, 0.15) is 10.4 Å². The maximum atomic E-state index is 12.7. The maximum absolute atomic E-state index is 12.7. The predicted molar refractivity (Wildman–Crippen MR) is 88.5 cm³/mol. The van der Waals surface area contributed by atoms with Crippen molar-refractivity contribution >= 4 is 34.1 Å². The van der Waals surface area contributed by atoms with E-state index in [9.17, 15) is 4.79 Å². The van der Waals surface area contributed by atoms with Gasteiger partial charge in [-0.15, -0.1) is 0 Å². The highest BCUT2D eigenvalue weighted by atomic mass is 32.2. The van der Waals surface area contributed by atoms with E-state index >= 15 is 0 Å². The molecule has 7 heteroatoms. The van der Waals surface area contributed by atoms with E-state index in [0.717, 1.165) is 0 Å². The zero-order valence-electron chi connectivity index (χ0n) is 11.8. The smallest absolute Gasteiger partial charge is 0.178 e. The summed E-state index contributed by atoms with van der Waals surface area (Å²) < 4.78 is 2.32. The van der Waals surface area contributed by atoms with Crippen molar-refractivity contribution in [3.63, 3.8) is 0 Å². The van der Waals surface area contributed by atoms with Crippen LogP contribution >= 0.6 is 24.0 Å². The molecule has 2 aromatic rings. The van der Waals surface area contributed by atoms with Crippen molar-refractivity contribution < 1.29 is 4.79 Å². The predicted octanol–water partition coefficient (Wildman–Crippen LogP) is 2.11. The van der Waals surface area contributed by atoms with Crippen LogP contribution in [0.3, 0.4) is 0 Å². The molecular weight excluding hydrogens is 304 g/mol. The molecule has 0 aliphatic heterocycles. The summed E-state index contributed by atoms with van der Waals surface area (Å²) in [5.41, 5.74) is 0.677.